The van der Waals surface area contributed by atoms with Crippen LogP contribution in [-0.2, 0) is 16.6 Å². The Bertz CT molecular complexity index is 1230. The number of hydrogen-bond donors (Lipinski definition) is 0. The van der Waals surface area contributed by atoms with E-state index in [0.717, 1.165) is 12.1 Å². The lowest BCUT2D eigenvalue weighted by Crippen LogP contribution is -2.53. The molecule has 0 radical (unpaired) electrons. The Hall–Kier alpha value is -1.84. The van der Waals surface area contributed by atoms with Crippen molar-refractivity contribution in [3.05, 3.63) is 68.7 Å². The third-order valence-corrected chi connectivity index (χ3v) is 9.52. The van der Waals surface area contributed by atoms with Gasteiger partial charge in [-0.3, -0.25) is 4.90 Å². The standard InChI is InChI=1S/C26H34Cl2N4O3S/c1-18-5-6-20(13-19(18)2)15-29(3)25-17-31(16-22(25)21-7-8-23(27)24(28)14-21)26(33)30-9-11-32(12-10-30)36(4,34)35/h5-8,13-14,22,25H,9-12,15-17H2,1-4H3/t22-,25-/m1/s1. The monoisotopic (exact) mass is 552 g/mol. The number of rotatable bonds is 5. The molecule has 2 aliphatic heterocycles. The van der Waals surface area contributed by atoms with Gasteiger partial charge < -0.3 is 9.80 Å². The lowest BCUT2D eigenvalue weighted by atomic mass is 9.93. The highest BCUT2D eigenvalue weighted by molar-refractivity contribution is 7.88. The van der Waals surface area contributed by atoms with E-state index in [2.05, 4.69) is 44.0 Å². The summed E-state index contributed by atoms with van der Waals surface area (Å²) >= 11 is 12.5. The number of nitrogens with zero attached hydrogens (tertiary/aromatic N) is 4. The Morgan fingerprint density at radius 3 is 2.25 bits per heavy atom. The summed E-state index contributed by atoms with van der Waals surface area (Å²) in [6, 6.07) is 12.3. The van der Waals surface area contributed by atoms with Crippen molar-refractivity contribution in [1.82, 2.24) is 19.0 Å². The van der Waals surface area contributed by atoms with Crippen molar-refractivity contribution in [2.24, 2.45) is 0 Å². The lowest BCUT2D eigenvalue weighted by Gasteiger charge is -2.35. The third-order valence-electron chi connectivity index (χ3n) is 7.48. The van der Waals surface area contributed by atoms with Gasteiger partial charge in [0, 0.05) is 57.8 Å². The van der Waals surface area contributed by atoms with Crippen LogP contribution in [-0.4, -0.2) is 92.1 Å². The molecule has 2 heterocycles. The maximum atomic E-state index is 13.5. The Kier molecular flexibility index (Phi) is 8.22. The van der Waals surface area contributed by atoms with Crippen molar-refractivity contribution in [2.75, 3.05) is 52.6 Å². The van der Waals surface area contributed by atoms with Crippen molar-refractivity contribution in [1.29, 1.82) is 0 Å². The number of sulfonamides is 1. The molecule has 7 nitrogen and oxygen atoms in total. The number of carbonyl (C=O) groups is 1. The summed E-state index contributed by atoms with van der Waals surface area (Å²) in [5.41, 5.74) is 4.82. The van der Waals surface area contributed by atoms with Crippen molar-refractivity contribution < 1.29 is 13.2 Å². The quantitative estimate of drug-likeness (QED) is 0.557. The molecule has 36 heavy (non-hydrogen) atoms. The molecule has 0 saturated carbocycles. The van der Waals surface area contributed by atoms with Crippen LogP contribution in [0.5, 0.6) is 0 Å². The highest BCUT2D eigenvalue weighted by atomic mass is 35.5. The molecule has 2 aromatic carbocycles. The van der Waals surface area contributed by atoms with Crippen LogP contribution >= 0.6 is 23.2 Å². The first-order valence-electron chi connectivity index (χ1n) is 12.1. The number of likely N-dealkylation sites (tertiary alicyclic amines) is 1. The Labute approximate surface area is 224 Å². The van der Waals surface area contributed by atoms with Gasteiger partial charge in [-0.1, -0.05) is 47.5 Å². The molecule has 0 aromatic heterocycles. The number of likely N-dealkylation sites (N-methyl/N-ethyl adjacent to an activating group) is 1. The second-order valence-corrected chi connectivity index (χ2v) is 12.8. The number of carbonyl (C=O) groups excluding carboxylic acids is 1. The molecule has 2 amide bonds. The highest BCUT2D eigenvalue weighted by Crippen LogP contribution is 2.35. The largest absolute Gasteiger partial charge is 0.322 e. The molecule has 4 rings (SSSR count). The van der Waals surface area contributed by atoms with Crippen LogP contribution in [0.3, 0.4) is 0 Å². The van der Waals surface area contributed by atoms with Gasteiger partial charge in [-0.05, 0) is 55.3 Å². The Morgan fingerprint density at radius 1 is 0.944 bits per heavy atom. The minimum atomic E-state index is -3.25. The molecule has 0 bridgehead atoms. The summed E-state index contributed by atoms with van der Waals surface area (Å²) in [4.78, 5) is 19.4. The van der Waals surface area contributed by atoms with E-state index >= 15 is 0 Å². The normalized spacial score (nSPS) is 21.4. The SMILES string of the molecule is Cc1ccc(CN(C)[C@@H]2CN(C(=O)N3CCN(S(C)(=O)=O)CC3)C[C@@H]2c2ccc(Cl)c(Cl)c2)cc1C. The number of urea groups is 1. The van der Waals surface area contributed by atoms with Crippen LogP contribution in [0.25, 0.3) is 0 Å². The zero-order valence-corrected chi connectivity index (χ0v) is 23.6. The minimum absolute atomic E-state index is 0.0460. The fourth-order valence-corrected chi connectivity index (χ4v) is 6.31. The first-order chi connectivity index (χ1) is 16.9. The fourth-order valence-electron chi connectivity index (χ4n) is 5.18. The van der Waals surface area contributed by atoms with E-state index in [4.69, 9.17) is 23.2 Å². The zero-order valence-electron chi connectivity index (χ0n) is 21.2. The molecule has 2 aliphatic rings. The van der Waals surface area contributed by atoms with Gasteiger partial charge in [0.2, 0.25) is 10.0 Å². The molecular formula is C26H34Cl2N4O3S. The van der Waals surface area contributed by atoms with Gasteiger partial charge >= 0.3 is 6.03 Å². The summed E-state index contributed by atoms with van der Waals surface area (Å²) in [5.74, 6) is 0.0672. The molecule has 10 heteroatoms. The highest BCUT2D eigenvalue weighted by Gasteiger charge is 2.40. The van der Waals surface area contributed by atoms with Gasteiger partial charge in [-0.15, -0.1) is 0 Å². The molecule has 2 saturated heterocycles. The first-order valence-corrected chi connectivity index (χ1v) is 14.7. The zero-order chi connectivity index (χ0) is 26.2. The van der Waals surface area contributed by atoms with Gasteiger partial charge in [-0.2, -0.15) is 4.31 Å². The second-order valence-electron chi connectivity index (χ2n) is 10.0. The number of hydrogen-bond acceptors (Lipinski definition) is 4. The van der Waals surface area contributed by atoms with E-state index in [0.29, 0.717) is 49.3 Å². The topological polar surface area (TPSA) is 64.2 Å². The van der Waals surface area contributed by atoms with Crippen LogP contribution in [0.2, 0.25) is 10.0 Å². The number of halogens is 2. The van der Waals surface area contributed by atoms with Crippen LogP contribution in [0, 0.1) is 13.8 Å². The van der Waals surface area contributed by atoms with Crippen molar-refractivity contribution >= 4 is 39.3 Å². The molecule has 196 valence electrons. The van der Waals surface area contributed by atoms with E-state index in [1.165, 1.54) is 27.3 Å². The van der Waals surface area contributed by atoms with Gasteiger partial charge in [0.05, 0.1) is 16.3 Å². The molecule has 2 fully saturated rings. The van der Waals surface area contributed by atoms with Gasteiger partial charge in [0.15, 0.2) is 0 Å². The summed E-state index contributed by atoms with van der Waals surface area (Å²) in [7, 11) is -1.15. The van der Waals surface area contributed by atoms with Crippen LogP contribution in [0.15, 0.2) is 36.4 Å². The van der Waals surface area contributed by atoms with E-state index in [9.17, 15) is 13.2 Å². The average Bonchev–Trinajstić information content (AvgIpc) is 3.28. The Balaban J connectivity index is 1.53. The van der Waals surface area contributed by atoms with E-state index in [1.807, 2.05) is 23.1 Å². The summed E-state index contributed by atoms with van der Waals surface area (Å²) in [6.45, 7) is 7.57. The molecule has 2 atom stereocenters. The van der Waals surface area contributed by atoms with Crippen molar-refractivity contribution in [3.8, 4) is 0 Å². The number of piperazine rings is 1. The van der Waals surface area contributed by atoms with Crippen LogP contribution in [0.4, 0.5) is 4.79 Å². The molecule has 0 aliphatic carbocycles. The summed E-state index contributed by atoms with van der Waals surface area (Å²) < 4.78 is 25.2. The maximum absolute atomic E-state index is 13.5. The van der Waals surface area contributed by atoms with Crippen molar-refractivity contribution in [2.45, 2.75) is 32.4 Å². The molecule has 0 unspecified atom stereocenters. The average molecular weight is 554 g/mol. The van der Waals surface area contributed by atoms with E-state index in [1.54, 1.807) is 4.90 Å². The first kappa shape index (κ1) is 27.2. The van der Waals surface area contributed by atoms with E-state index in [-0.39, 0.29) is 18.0 Å². The number of amides is 2. The third kappa shape index (κ3) is 6.00. The summed E-state index contributed by atoms with van der Waals surface area (Å²) in [5, 5.41) is 1.02. The van der Waals surface area contributed by atoms with Crippen LogP contribution < -0.4 is 0 Å². The molecular weight excluding hydrogens is 519 g/mol. The summed E-state index contributed by atoms with van der Waals surface area (Å²) in [6.07, 6.45) is 1.21. The maximum Gasteiger partial charge on any atom is 0.320 e. The fraction of sp³-hybridized carbons (Fsp3) is 0.500. The predicted octanol–water partition coefficient (Wildman–Crippen LogP) is 4.21. The molecule has 2 aromatic rings. The van der Waals surface area contributed by atoms with Gasteiger partial charge in [0.1, 0.15) is 0 Å². The number of aryl methyl sites for hydroxylation is 2. The van der Waals surface area contributed by atoms with Gasteiger partial charge in [0.25, 0.3) is 0 Å². The molecule has 0 spiro atoms. The van der Waals surface area contributed by atoms with Crippen LogP contribution in [0.1, 0.15) is 28.2 Å². The van der Waals surface area contributed by atoms with Gasteiger partial charge in [-0.25, -0.2) is 13.2 Å². The number of benzene rings is 2. The Morgan fingerprint density at radius 2 is 1.64 bits per heavy atom. The second kappa shape index (κ2) is 10.9. The molecule has 0 N–H and O–H groups in total. The van der Waals surface area contributed by atoms with Crippen molar-refractivity contribution in [3.63, 3.8) is 0 Å². The van der Waals surface area contributed by atoms with E-state index < -0.39 is 10.0 Å². The smallest absolute Gasteiger partial charge is 0.320 e. The minimum Gasteiger partial charge on any atom is -0.322 e. The lowest BCUT2D eigenvalue weighted by molar-refractivity contribution is 0.138. The predicted molar refractivity (Wildman–Crippen MR) is 145 cm³/mol.